The molecule has 0 amide bonds. The Morgan fingerprint density at radius 3 is 2.19 bits per heavy atom. The third-order valence-electron chi connectivity index (χ3n) is 1.61. The second kappa shape index (κ2) is 5.25. The van der Waals surface area contributed by atoms with Crippen molar-refractivity contribution in [3.8, 4) is 5.75 Å². The fourth-order valence-electron chi connectivity index (χ4n) is 0.935. The normalized spacial score (nSPS) is 11.1. The van der Waals surface area contributed by atoms with Gasteiger partial charge >= 0.3 is 5.97 Å². The van der Waals surface area contributed by atoms with Crippen LogP contribution in [-0.4, -0.2) is 18.8 Å². The van der Waals surface area contributed by atoms with Gasteiger partial charge in [-0.15, -0.1) is 8.58 Å². The predicted molar refractivity (Wildman–Crippen MR) is 51.0 cm³/mol. The topological polar surface area (TPSA) is 26.3 Å². The second-order valence-electron chi connectivity index (χ2n) is 2.80. The Hall–Kier alpha value is -1.16. The van der Waals surface area contributed by atoms with Gasteiger partial charge in [-0.25, -0.2) is 8.78 Å². The van der Waals surface area contributed by atoms with Crippen LogP contribution < -0.4 is 4.74 Å². The second-order valence-corrected chi connectivity index (χ2v) is 3.86. The third-order valence-corrected chi connectivity index (χ3v) is 2.25. The highest BCUT2D eigenvalue weighted by atomic mass is 31.1. The molecule has 0 aliphatic carbocycles. The van der Waals surface area contributed by atoms with Crippen molar-refractivity contribution < 1.29 is 27.1 Å². The van der Waals surface area contributed by atoms with Crippen LogP contribution in [0.4, 0.5) is 17.6 Å². The molecule has 16 heavy (non-hydrogen) atoms. The summed E-state index contributed by atoms with van der Waals surface area (Å²) in [6.07, 6.45) is -0.0724. The van der Waals surface area contributed by atoms with Gasteiger partial charge in [0.25, 0.3) is 0 Å². The molecule has 0 aliphatic heterocycles. The molecule has 1 rings (SSSR count). The van der Waals surface area contributed by atoms with Crippen LogP contribution in [0.1, 0.15) is 0 Å². The lowest BCUT2D eigenvalue weighted by Gasteiger charge is -2.07. The minimum atomic E-state index is -1.72. The SMILES string of the molecule is CPCC(=O)Oc1c(F)c(F)cc(F)c1F. The summed E-state index contributed by atoms with van der Waals surface area (Å²) < 4.78 is 55.6. The number of hydrogen-bond acceptors (Lipinski definition) is 2. The van der Waals surface area contributed by atoms with Crippen molar-refractivity contribution >= 4 is 14.6 Å². The van der Waals surface area contributed by atoms with Crippen molar-refractivity contribution in [2.24, 2.45) is 0 Å². The van der Waals surface area contributed by atoms with E-state index in [1.165, 1.54) is 0 Å². The lowest BCUT2D eigenvalue weighted by molar-refractivity contribution is -0.131. The maximum Gasteiger partial charge on any atom is 0.315 e. The standard InChI is InChI=1S/C9H7F4O2P/c1-16-3-6(14)15-9-7(12)4(10)2-5(11)8(9)13/h2,16H,3H2,1H3. The summed E-state index contributed by atoms with van der Waals surface area (Å²) in [4.78, 5) is 10.9. The Labute approximate surface area is 90.4 Å². The lowest BCUT2D eigenvalue weighted by Crippen LogP contribution is -2.13. The van der Waals surface area contributed by atoms with Gasteiger partial charge in [-0.2, -0.15) is 8.78 Å². The summed E-state index contributed by atoms with van der Waals surface area (Å²) in [7, 11) is 0.171. The number of hydrogen-bond donors (Lipinski definition) is 0. The van der Waals surface area contributed by atoms with Crippen molar-refractivity contribution in [1.82, 2.24) is 0 Å². The largest absolute Gasteiger partial charge is 0.420 e. The smallest absolute Gasteiger partial charge is 0.315 e. The Bertz CT molecular complexity index is 396. The van der Waals surface area contributed by atoms with Crippen LogP contribution in [0, 0.1) is 23.3 Å². The first-order valence-corrected chi connectivity index (χ1v) is 5.86. The Balaban J connectivity index is 3.07. The van der Waals surface area contributed by atoms with Gasteiger partial charge in [-0.1, -0.05) is 0 Å². The summed E-state index contributed by atoms with van der Waals surface area (Å²) in [6, 6.07) is 0.0452. The van der Waals surface area contributed by atoms with Gasteiger partial charge in [0.2, 0.25) is 17.4 Å². The molecule has 1 atom stereocenters. The number of rotatable bonds is 3. The van der Waals surface area contributed by atoms with E-state index in [-0.39, 0.29) is 20.8 Å². The van der Waals surface area contributed by atoms with E-state index in [1.807, 2.05) is 0 Å². The zero-order valence-electron chi connectivity index (χ0n) is 8.11. The maximum absolute atomic E-state index is 13.0. The van der Waals surface area contributed by atoms with Crippen LogP contribution >= 0.6 is 8.58 Å². The Morgan fingerprint density at radius 2 is 1.75 bits per heavy atom. The van der Waals surface area contributed by atoms with Gasteiger partial charge < -0.3 is 4.74 Å². The van der Waals surface area contributed by atoms with Crippen LogP contribution in [-0.2, 0) is 4.79 Å². The number of carbonyl (C=O) groups excluding carboxylic acids is 1. The van der Waals surface area contributed by atoms with Crippen LogP contribution in [0.15, 0.2) is 6.07 Å². The van der Waals surface area contributed by atoms with Gasteiger partial charge in [0.05, 0.1) is 6.16 Å². The fourth-order valence-corrected chi connectivity index (χ4v) is 1.30. The average Bonchev–Trinajstić information content (AvgIpc) is 2.22. The molecule has 0 saturated heterocycles. The van der Waals surface area contributed by atoms with Gasteiger partial charge in [0.15, 0.2) is 11.6 Å². The number of ether oxygens (including phenoxy) is 1. The molecule has 1 aromatic rings. The first kappa shape index (κ1) is 12.9. The van der Waals surface area contributed by atoms with E-state index in [1.54, 1.807) is 6.66 Å². The number of esters is 1. The third kappa shape index (κ3) is 2.70. The van der Waals surface area contributed by atoms with Crippen molar-refractivity contribution in [2.45, 2.75) is 0 Å². The van der Waals surface area contributed by atoms with E-state index in [4.69, 9.17) is 0 Å². The summed E-state index contributed by atoms with van der Waals surface area (Å²) in [5, 5.41) is 0. The van der Waals surface area contributed by atoms with E-state index < -0.39 is 35.0 Å². The molecule has 0 fully saturated rings. The van der Waals surface area contributed by atoms with Crippen molar-refractivity contribution in [1.29, 1.82) is 0 Å². The molecule has 1 aromatic carbocycles. The first-order chi connectivity index (χ1) is 7.47. The monoisotopic (exact) mass is 254 g/mol. The average molecular weight is 254 g/mol. The molecular weight excluding hydrogens is 247 g/mol. The molecule has 7 heteroatoms. The van der Waals surface area contributed by atoms with Gasteiger partial charge in [0, 0.05) is 6.07 Å². The molecule has 0 aliphatic rings. The van der Waals surface area contributed by atoms with Crippen molar-refractivity contribution in [3.63, 3.8) is 0 Å². The van der Waals surface area contributed by atoms with Gasteiger partial charge in [-0.05, 0) is 6.66 Å². The van der Waals surface area contributed by atoms with Crippen molar-refractivity contribution in [2.75, 3.05) is 12.8 Å². The maximum atomic E-state index is 13.0. The van der Waals surface area contributed by atoms with E-state index in [2.05, 4.69) is 4.74 Å². The van der Waals surface area contributed by atoms with E-state index in [0.717, 1.165) is 0 Å². The lowest BCUT2D eigenvalue weighted by atomic mass is 10.3. The first-order valence-electron chi connectivity index (χ1n) is 4.15. The minimum absolute atomic E-state index is 0.0452. The molecule has 0 heterocycles. The summed E-state index contributed by atoms with van der Waals surface area (Å²) in [6.45, 7) is 1.67. The molecule has 0 N–H and O–H groups in total. The van der Waals surface area contributed by atoms with E-state index in [9.17, 15) is 22.4 Å². The molecule has 88 valence electrons. The quantitative estimate of drug-likeness (QED) is 0.272. The highest BCUT2D eigenvalue weighted by Gasteiger charge is 2.22. The van der Waals surface area contributed by atoms with E-state index in [0.29, 0.717) is 0 Å². The van der Waals surface area contributed by atoms with Crippen LogP contribution in [0.2, 0.25) is 0 Å². The van der Waals surface area contributed by atoms with Crippen molar-refractivity contribution in [3.05, 3.63) is 29.3 Å². The van der Waals surface area contributed by atoms with Gasteiger partial charge in [0.1, 0.15) is 0 Å². The molecular formula is C9H7F4O2P. The molecule has 0 saturated carbocycles. The zero-order chi connectivity index (χ0) is 12.3. The summed E-state index contributed by atoms with van der Waals surface area (Å²) >= 11 is 0. The Morgan fingerprint density at radius 1 is 1.25 bits per heavy atom. The van der Waals surface area contributed by atoms with Crippen LogP contribution in [0.25, 0.3) is 0 Å². The molecule has 0 radical (unpaired) electrons. The van der Waals surface area contributed by atoms with Crippen LogP contribution in [0.3, 0.4) is 0 Å². The Kier molecular flexibility index (Phi) is 4.24. The molecule has 0 spiro atoms. The highest BCUT2D eigenvalue weighted by Crippen LogP contribution is 2.26. The number of halogens is 4. The summed E-state index contributed by atoms with van der Waals surface area (Å²) in [5.74, 6) is -8.93. The van der Waals surface area contributed by atoms with Gasteiger partial charge in [-0.3, -0.25) is 4.79 Å². The van der Waals surface area contributed by atoms with E-state index >= 15 is 0 Å². The molecule has 0 bridgehead atoms. The fraction of sp³-hybridized carbons (Fsp3) is 0.222. The number of benzene rings is 1. The number of carbonyl (C=O) groups is 1. The zero-order valence-corrected chi connectivity index (χ0v) is 9.11. The molecule has 2 nitrogen and oxygen atoms in total. The molecule has 0 aromatic heterocycles. The minimum Gasteiger partial charge on any atom is -0.420 e. The highest BCUT2D eigenvalue weighted by molar-refractivity contribution is 7.38. The summed E-state index contributed by atoms with van der Waals surface area (Å²) in [5.41, 5.74) is 0. The van der Waals surface area contributed by atoms with Crippen LogP contribution in [0.5, 0.6) is 5.75 Å². The predicted octanol–water partition coefficient (Wildman–Crippen LogP) is 2.46. The molecule has 1 unspecified atom stereocenters.